The molecule has 0 radical (unpaired) electrons. The first-order valence-electron chi connectivity index (χ1n) is 6.33. The van der Waals surface area contributed by atoms with E-state index in [0.717, 1.165) is 0 Å². The lowest BCUT2D eigenvalue weighted by Gasteiger charge is -2.20. The number of ether oxygens (including phenoxy) is 2. The van der Waals surface area contributed by atoms with Gasteiger partial charge in [0.1, 0.15) is 11.4 Å². The largest absolute Gasteiger partial charge is 0.496 e. The van der Waals surface area contributed by atoms with Gasteiger partial charge in [-0.15, -0.1) is 0 Å². The molecule has 20 heavy (non-hydrogen) atoms. The van der Waals surface area contributed by atoms with Crippen LogP contribution in [0.4, 0.5) is 10.5 Å². The number of amides is 1. The molecule has 6 heteroatoms. The average molecular weight is 282 g/mol. The van der Waals surface area contributed by atoms with Crippen LogP contribution in [-0.4, -0.2) is 30.5 Å². The summed E-state index contributed by atoms with van der Waals surface area (Å²) in [6.07, 6.45) is -1.35. The number of nitrogens with one attached hydrogen (secondary N) is 1. The SMILES string of the molecule is COc1cc(NC(=O)OC(C)(C)C)ccc1[C@@H](O)CN. The molecule has 0 aromatic heterocycles. The van der Waals surface area contributed by atoms with Gasteiger partial charge in [-0.1, -0.05) is 6.07 Å². The molecule has 0 aliphatic carbocycles. The van der Waals surface area contributed by atoms with Crippen LogP contribution in [0.15, 0.2) is 18.2 Å². The van der Waals surface area contributed by atoms with Gasteiger partial charge in [0.25, 0.3) is 0 Å². The zero-order valence-corrected chi connectivity index (χ0v) is 12.3. The lowest BCUT2D eigenvalue weighted by Crippen LogP contribution is -2.27. The van der Waals surface area contributed by atoms with Gasteiger partial charge in [0, 0.05) is 23.9 Å². The zero-order chi connectivity index (χ0) is 15.3. The number of hydrogen-bond donors (Lipinski definition) is 3. The number of carbonyl (C=O) groups excluding carboxylic acids is 1. The monoisotopic (exact) mass is 282 g/mol. The molecule has 1 atom stereocenters. The van der Waals surface area contributed by atoms with Gasteiger partial charge in [0.05, 0.1) is 13.2 Å². The van der Waals surface area contributed by atoms with E-state index in [-0.39, 0.29) is 6.54 Å². The molecule has 4 N–H and O–H groups in total. The van der Waals surface area contributed by atoms with Crippen molar-refractivity contribution in [2.75, 3.05) is 19.0 Å². The Labute approximate surface area is 118 Å². The number of aliphatic hydroxyl groups excluding tert-OH is 1. The molecule has 0 saturated carbocycles. The highest BCUT2D eigenvalue weighted by atomic mass is 16.6. The third-order valence-electron chi connectivity index (χ3n) is 2.46. The van der Waals surface area contributed by atoms with Crippen molar-refractivity contribution in [3.8, 4) is 5.75 Å². The highest BCUT2D eigenvalue weighted by molar-refractivity contribution is 5.85. The third kappa shape index (κ3) is 4.71. The summed E-state index contributed by atoms with van der Waals surface area (Å²) < 4.78 is 10.3. The summed E-state index contributed by atoms with van der Waals surface area (Å²) in [5, 5.41) is 12.4. The first kappa shape index (κ1) is 16.3. The number of benzene rings is 1. The number of carbonyl (C=O) groups is 1. The molecular weight excluding hydrogens is 260 g/mol. The van der Waals surface area contributed by atoms with Crippen LogP contribution >= 0.6 is 0 Å². The Morgan fingerprint density at radius 3 is 2.60 bits per heavy atom. The third-order valence-corrected chi connectivity index (χ3v) is 2.46. The molecule has 0 bridgehead atoms. The molecular formula is C14H22N2O4. The standard InChI is InChI=1S/C14H22N2O4/c1-14(2,3)20-13(18)16-9-5-6-10(11(17)8-15)12(7-9)19-4/h5-7,11,17H,8,15H2,1-4H3,(H,16,18)/t11-/m0/s1. The van der Waals surface area contributed by atoms with Gasteiger partial charge in [0.2, 0.25) is 0 Å². The van der Waals surface area contributed by atoms with E-state index in [9.17, 15) is 9.90 Å². The average Bonchev–Trinajstić information content (AvgIpc) is 2.35. The van der Waals surface area contributed by atoms with Crippen LogP contribution in [-0.2, 0) is 4.74 Å². The van der Waals surface area contributed by atoms with Gasteiger partial charge < -0.3 is 20.3 Å². The second kappa shape index (κ2) is 6.58. The number of methoxy groups -OCH3 is 1. The quantitative estimate of drug-likeness (QED) is 0.785. The highest BCUT2D eigenvalue weighted by Crippen LogP contribution is 2.28. The molecule has 0 unspecified atom stereocenters. The minimum Gasteiger partial charge on any atom is -0.496 e. The fourth-order valence-corrected chi connectivity index (χ4v) is 1.61. The minimum atomic E-state index is -0.805. The van der Waals surface area contributed by atoms with E-state index >= 15 is 0 Å². The fourth-order valence-electron chi connectivity index (χ4n) is 1.61. The van der Waals surface area contributed by atoms with E-state index in [1.54, 1.807) is 39.0 Å². The summed E-state index contributed by atoms with van der Waals surface area (Å²) in [5.74, 6) is 0.455. The second-order valence-electron chi connectivity index (χ2n) is 5.34. The van der Waals surface area contributed by atoms with E-state index in [0.29, 0.717) is 17.0 Å². The van der Waals surface area contributed by atoms with Crippen molar-refractivity contribution in [1.82, 2.24) is 0 Å². The highest BCUT2D eigenvalue weighted by Gasteiger charge is 2.17. The van der Waals surface area contributed by atoms with Crippen LogP contribution in [0, 0.1) is 0 Å². The normalized spacial score (nSPS) is 12.7. The predicted molar refractivity (Wildman–Crippen MR) is 76.9 cm³/mol. The van der Waals surface area contributed by atoms with Crippen molar-refractivity contribution >= 4 is 11.8 Å². The summed E-state index contributed by atoms with van der Waals surface area (Å²) in [7, 11) is 1.49. The molecule has 0 spiro atoms. The Morgan fingerprint density at radius 1 is 1.45 bits per heavy atom. The van der Waals surface area contributed by atoms with E-state index in [2.05, 4.69) is 5.32 Å². The first-order chi connectivity index (χ1) is 9.26. The topological polar surface area (TPSA) is 93.8 Å². The zero-order valence-electron chi connectivity index (χ0n) is 12.3. The number of aliphatic hydroxyl groups is 1. The van der Waals surface area contributed by atoms with Crippen LogP contribution in [0.1, 0.15) is 32.4 Å². The predicted octanol–water partition coefficient (Wildman–Crippen LogP) is 2.03. The van der Waals surface area contributed by atoms with Gasteiger partial charge in [0.15, 0.2) is 0 Å². The molecule has 6 nitrogen and oxygen atoms in total. The minimum absolute atomic E-state index is 0.0925. The maximum Gasteiger partial charge on any atom is 0.412 e. The molecule has 0 saturated heterocycles. The van der Waals surface area contributed by atoms with Gasteiger partial charge in [-0.05, 0) is 26.8 Å². The Balaban J connectivity index is 2.85. The van der Waals surface area contributed by atoms with Crippen molar-refractivity contribution in [2.24, 2.45) is 5.73 Å². The van der Waals surface area contributed by atoms with Crippen molar-refractivity contribution in [1.29, 1.82) is 0 Å². The molecule has 1 aromatic rings. The summed E-state index contributed by atoms with van der Waals surface area (Å²) in [6, 6.07) is 4.92. The van der Waals surface area contributed by atoms with Gasteiger partial charge >= 0.3 is 6.09 Å². The second-order valence-corrected chi connectivity index (χ2v) is 5.34. The van der Waals surface area contributed by atoms with Crippen molar-refractivity contribution in [3.63, 3.8) is 0 Å². The number of anilines is 1. The Hall–Kier alpha value is -1.79. The van der Waals surface area contributed by atoms with Crippen molar-refractivity contribution < 1.29 is 19.4 Å². The molecule has 112 valence electrons. The summed E-state index contributed by atoms with van der Waals surface area (Å²) >= 11 is 0. The van der Waals surface area contributed by atoms with Crippen LogP contribution < -0.4 is 15.8 Å². The van der Waals surface area contributed by atoms with Crippen molar-refractivity contribution in [3.05, 3.63) is 23.8 Å². The van der Waals surface area contributed by atoms with E-state index < -0.39 is 17.8 Å². The number of rotatable bonds is 4. The van der Waals surface area contributed by atoms with Crippen LogP contribution in [0.3, 0.4) is 0 Å². The fraction of sp³-hybridized carbons (Fsp3) is 0.500. The first-order valence-corrected chi connectivity index (χ1v) is 6.33. The van der Waals surface area contributed by atoms with E-state index in [1.807, 2.05) is 0 Å². The Kier molecular flexibility index (Phi) is 5.35. The Morgan fingerprint density at radius 2 is 2.10 bits per heavy atom. The van der Waals surface area contributed by atoms with Crippen molar-refractivity contribution in [2.45, 2.75) is 32.5 Å². The van der Waals surface area contributed by atoms with Crippen LogP contribution in [0.5, 0.6) is 5.75 Å². The molecule has 0 heterocycles. The maximum atomic E-state index is 11.7. The van der Waals surface area contributed by atoms with E-state index in [1.165, 1.54) is 7.11 Å². The maximum absolute atomic E-state index is 11.7. The lowest BCUT2D eigenvalue weighted by atomic mass is 10.1. The molecule has 1 aromatic carbocycles. The molecule has 1 amide bonds. The molecule has 0 fully saturated rings. The van der Waals surface area contributed by atoms with Gasteiger partial charge in [-0.3, -0.25) is 5.32 Å². The van der Waals surface area contributed by atoms with E-state index in [4.69, 9.17) is 15.2 Å². The summed E-state index contributed by atoms with van der Waals surface area (Å²) in [5.41, 5.74) is 5.95. The molecule has 1 rings (SSSR count). The smallest absolute Gasteiger partial charge is 0.412 e. The number of hydrogen-bond acceptors (Lipinski definition) is 5. The molecule has 0 aliphatic heterocycles. The van der Waals surface area contributed by atoms with Crippen LogP contribution in [0.2, 0.25) is 0 Å². The van der Waals surface area contributed by atoms with Gasteiger partial charge in [-0.2, -0.15) is 0 Å². The van der Waals surface area contributed by atoms with Gasteiger partial charge in [-0.25, -0.2) is 4.79 Å². The summed E-state index contributed by atoms with van der Waals surface area (Å²) in [4.78, 5) is 11.7. The summed E-state index contributed by atoms with van der Waals surface area (Å²) in [6.45, 7) is 5.45. The number of nitrogens with two attached hydrogens (primary N) is 1. The Bertz CT molecular complexity index is 469. The lowest BCUT2D eigenvalue weighted by molar-refractivity contribution is 0.0636. The molecule has 0 aliphatic rings. The van der Waals surface area contributed by atoms with Crippen LogP contribution in [0.25, 0.3) is 0 Å².